The van der Waals surface area contributed by atoms with Crippen LogP contribution in [-0.2, 0) is 15.0 Å². The molecule has 0 radical (unpaired) electrons. The van der Waals surface area contributed by atoms with Gasteiger partial charge in [-0.05, 0) is 57.2 Å². The van der Waals surface area contributed by atoms with E-state index in [1.807, 2.05) is 20.8 Å². The summed E-state index contributed by atoms with van der Waals surface area (Å²) in [5.41, 5.74) is 0.0279. The predicted molar refractivity (Wildman–Crippen MR) is 112 cm³/mol. The van der Waals surface area contributed by atoms with Crippen LogP contribution in [0.25, 0.3) is 0 Å². The highest BCUT2D eigenvalue weighted by molar-refractivity contribution is 5.95. The van der Waals surface area contributed by atoms with Crippen LogP contribution >= 0.6 is 0 Å². The number of aliphatic hydroxyl groups excluding tert-OH is 1. The third-order valence-electron chi connectivity index (χ3n) is 4.75. The SMILES string of the molecule is CC(C)(C)OC(=O)ON1CCC[C@@H](O)[C@H](NC(=O)c2ccc(O)c(C(C)(C)C)c2)C1. The molecule has 2 atom stereocenters. The molecule has 1 heterocycles. The number of nitrogens with zero attached hydrogens (tertiary/aromatic N) is 1. The van der Waals surface area contributed by atoms with E-state index in [-0.39, 0.29) is 23.6 Å². The summed E-state index contributed by atoms with van der Waals surface area (Å²) >= 11 is 0. The number of carbonyl (C=O) groups excluding carboxylic acids is 2. The number of phenols is 1. The fourth-order valence-corrected chi connectivity index (χ4v) is 3.24. The molecule has 8 heteroatoms. The van der Waals surface area contributed by atoms with Crippen LogP contribution < -0.4 is 5.32 Å². The van der Waals surface area contributed by atoms with E-state index in [1.165, 1.54) is 17.2 Å². The number of amides is 1. The zero-order chi connectivity index (χ0) is 22.7. The fraction of sp³-hybridized carbons (Fsp3) is 0.636. The monoisotopic (exact) mass is 422 g/mol. The van der Waals surface area contributed by atoms with Gasteiger partial charge < -0.3 is 25.1 Å². The number of benzene rings is 1. The Morgan fingerprint density at radius 2 is 1.83 bits per heavy atom. The fourth-order valence-electron chi connectivity index (χ4n) is 3.24. The first-order valence-electron chi connectivity index (χ1n) is 10.2. The third kappa shape index (κ3) is 6.88. The number of carbonyl (C=O) groups is 2. The summed E-state index contributed by atoms with van der Waals surface area (Å²) in [6.45, 7) is 11.6. The van der Waals surface area contributed by atoms with Gasteiger partial charge in [0.1, 0.15) is 11.4 Å². The van der Waals surface area contributed by atoms with Crippen molar-refractivity contribution < 1.29 is 29.4 Å². The van der Waals surface area contributed by atoms with Gasteiger partial charge in [0.05, 0.1) is 18.7 Å². The smallest absolute Gasteiger partial charge is 0.508 e. The summed E-state index contributed by atoms with van der Waals surface area (Å²) in [6, 6.07) is 4.06. The maximum absolute atomic E-state index is 12.8. The van der Waals surface area contributed by atoms with Gasteiger partial charge in [-0.15, -0.1) is 5.06 Å². The Morgan fingerprint density at radius 1 is 1.17 bits per heavy atom. The largest absolute Gasteiger partial charge is 0.528 e. The molecule has 0 aliphatic carbocycles. The Bertz CT molecular complexity index is 766. The van der Waals surface area contributed by atoms with E-state index >= 15 is 0 Å². The molecule has 0 saturated carbocycles. The number of hydrogen-bond acceptors (Lipinski definition) is 7. The maximum atomic E-state index is 12.8. The molecule has 1 aliphatic rings. The lowest BCUT2D eigenvalue weighted by molar-refractivity contribution is -0.144. The topological polar surface area (TPSA) is 108 Å². The molecule has 1 aromatic rings. The van der Waals surface area contributed by atoms with Crippen molar-refractivity contribution in [3.05, 3.63) is 29.3 Å². The van der Waals surface area contributed by atoms with Crippen molar-refractivity contribution in [3.8, 4) is 5.75 Å². The average molecular weight is 423 g/mol. The highest BCUT2D eigenvalue weighted by Gasteiger charge is 2.31. The first kappa shape index (κ1) is 24.0. The zero-order valence-electron chi connectivity index (χ0n) is 18.7. The Hall–Kier alpha value is -2.32. The van der Waals surface area contributed by atoms with Crippen LogP contribution in [0.2, 0.25) is 0 Å². The summed E-state index contributed by atoms with van der Waals surface area (Å²) in [7, 11) is 0. The van der Waals surface area contributed by atoms with Crippen molar-refractivity contribution >= 4 is 12.1 Å². The van der Waals surface area contributed by atoms with Crippen molar-refractivity contribution in [2.24, 2.45) is 0 Å². The number of ether oxygens (including phenoxy) is 1. The van der Waals surface area contributed by atoms with E-state index in [0.717, 1.165) is 0 Å². The van der Waals surface area contributed by atoms with E-state index in [0.29, 0.717) is 30.5 Å². The third-order valence-corrected chi connectivity index (χ3v) is 4.75. The number of hydroxylamine groups is 2. The molecule has 168 valence electrons. The number of hydrogen-bond donors (Lipinski definition) is 3. The number of nitrogens with one attached hydrogen (secondary N) is 1. The van der Waals surface area contributed by atoms with E-state index in [4.69, 9.17) is 9.57 Å². The van der Waals surface area contributed by atoms with Gasteiger partial charge in [0.2, 0.25) is 0 Å². The van der Waals surface area contributed by atoms with Crippen LogP contribution in [0.5, 0.6) is 5.75 Å². The summed E-state index contributed by atoms with van der Waals surface area (Å²) in [4.78, 5) is 30.1. The Morgan fingerprint density at radius 3 is 2.43 bits per heavy atom. The summed E-state index contributed by atoms with van der Waals surface area (Å²) < 4.78 is 5.17. The van der Waals surface area contributed by atoms with E-state index in [9.17, 15) is 19.8 Å². The first-order valence-corrected chi connectivity index (χ1v) is 10.2. The molecule has 2 rings (SSSR count). The van der Waals surface area contributed by atoms with Crippen molar-refractivity contribution in [1.82, 2.24) is 10.4 Å². The van der Waals surface area contributed by atoms with Gasteiger partial charge in [-0.2, -0.15) is 0 Å². The minimum atomic E-state index is -0.822. The minimum absolute atomic E-state index is 0.130. The highest BCUT2D eigenvalue weighted by atomic mass is 16.8. The van der Waals surface area contributed by atoms with Crippen molar-refractivity contribution in [2.45, 2.75) is 77.5 Å². The van der Waals surface area contributed by atoms with Crippen LogP contribution in [0.3, 0.4) is 0 Å². The number of aromatic hydroxyl groups is 1. The van der Waals surface area contributed by atoms with Crippen molar-refractivity contribution in [2.75, 3.05) is 13.1 Å². The quantitative estimate of drug-likeness (QED) is 0.642. The molecular weight excluding hydrogens is 388 g/mol. The van der Waals surface area contributed by atoms with Crippen LogP contribution in [0.15, 0.2) is 18.2 Å². The molecule has 0 aromatic heterocycles. The van der Waals surface area contributed by atoms with Crippen LogP contribution in [-0.4, -0.2) is 58.2 Å². The predicted octanol–water partition coefficient (Wildman–Crippen LogP) is 3.11. The van der Waals surface area contributed by atoms with Gasteiger partial charge in [-0.25, -0.2) is 4.79 Å². The molecule has 0 spiro atoms. The standard InChI is InChI=1S/C22H34N2O6/c1-21(2,3)15-12-14(9-10-17(15)25)19(27)23-16-13-24(11-7-8-18(16)26)30-20(28)29-22(4,5)6/h9-10,12,16,18,25-26H,7-8,11,13H2,1-6H3,(H,23,27)/t16-,18-/m1/s1. The minimum Gasteiger partial charge on any atom is -0.508 e. The van der Waals surface area contributed by atoms with Gasteiger partial charge in [0.25, 0.3) is 5.91 Å². The maximum Gasteiger partial charge on any atom is 0.528 e. The molecule has 30 heavy (non-hydrogen) atoms. The molecular formula is C22H34N2O6. The Kier molecular flexibility index (Phi) is 7.36. The molecule has 3 N–H and O–H groups in total. The first-order chi connectivity index (χ1) is 13.8. The van der Waals surface area contributed by atoms with E-state index in [1.54, 1.807) is 26.8 Å². The molecule has 1 aliphatic heterocycles. The van der Waals surface area contributed by atoms with Gasteiger partial charge in [-0.3, -0.25) is 4.79 Å². The summed E-state index contributed by atoms with van der Waals surface area (Å²) in [6.07, 6.45) is -0.538. The molecule has 1 aromatic carbocycles. The summed E-state index contributed by atoms with van der Waals surface area (Å²) in [5.74, 6) is -0.242. The molecule has 0 bridgehead atoms. The number of rotatable bonds is 3. The van der Waals surface area contributed by atoms with Crippen LogP contribution in [0.4, 0.5) is 4.79 Å². The highest BCUT2D eigenvalue weighted by Crippen LogP contribution is 2.31. The average Bonchev–Trinajstić information content (AvgIpc) is 2.74. The van der Waals surface area contributed by atoms with Gasteiger partial charge in [0, 0.05) is 17.7 Å². The van der Waals surface area contributed by atoms with Crippen LogP contribution in [0, 0.1) is 0 Å². The molecule has 1 saturated heterocycles. The molecule has 0 unspecified atom stereocenters. The zero-order valence-corrected chi connectivity index (χ0v) is 18.7. The number of phenolic OH excluding ortho intramolecular Hbond substituents is 1. The van der Waals surface area contributed by atoms with E-state index < -0.39 is 23.9 Å². The molecule has 1 fully saturated rings. The lowest BCUT2D eigenvalue weighted by Crippen LogP contribution is -2.49. The van der Waals surface area contributed by atoms with Gasteiger partial charge in [-0.1, -0.05) is 20.8 Å². The van der Waals surface area contributed by atoms with Crippen molar-refractivity contribution in [1.29, 1.82) is 0 Å². The normalized spacial score (nSPS) is 20.9. The number of aliphatic hydroxyl groups is 1. The Balaban J connectivity index is 2.10. The van der Waals surface area contributed by atoms with Gasteiger partial charge in [0.15, 0.2) is 0 Å². The molecule has 8 nitrogen and oxygen atoms in total. The second-order valence-electron chi connectivity index (χ2n) is 9.72. The van der Waals surface area contributed by atoms with E-state index in [2.05, 4.69) is 5.32 Å². The second-order valence-corrected chi connectivity index (χ2v) is 9.72. The Labute approximate surface area is 178 Å². The van der Waals surface area contributed by atoms with Crippen LogP contribution in [0.1, 0.15) is 70.3 Å². The summed E-state index contributed by atoms with van der Waals surface area (Å²) in [5, 5.41) is 24.8. The second kappa shape index (κ2) is 9.22. The molecule has 1 amide bonds. The lowest BCUT2D eigenvalue weighted by Gasteiger charge is -2.27. The lowest BCUT2D eigenvalue weighted by atomic mass is 9.85. The van der Waals surface area contributed by atoms with Crippen molar-refractivity contribution in [3.63, 3.8) is 0 Å². The van der Waals surface area contributed by atoms with Gasteiger partial charge >= 0.3 is 6.16 Å².